The zero-order chi connectivity index (χ0) is 15.7. The minimum Gasteiger partial charge on any atom is -0.478 e. The summed E-state index contributed by atoms with van der Waals surface area (Å²) in [5.74, 6) is -1.01. The van der Waals surface area contributed by atoms with Gasteiger partial charge in [-0.15, -0.1) is 11.6 Å². The van der Waals surface area contributed by atoms with Gasteiger partial charge in [0.05, 0.1) is 5.56 Å². The van der Waals surface area contributed by atoms with Crippen LogP contribution in [0.25, 0.3) is 0 Å². The second-order valence-electron chi connectivity index (χ2n) is 4.94. The number of esters is 1. The lowest BCUT2D eigenvalue weighted by Gasteiger charge is -2.09. The first-order valence-electron chi connectivity index (χ1n) is 7.21. The summed E-state index contributed by atoms with van der Waals surface area (Å²) in [4.78, 5) is 22.4. The van der Waals surface area contributed by atoms with Gasteiger partial charge in [-0.05, 0) is 37.1 Å². The van der Waals surface area contributed by atoms with Gasteiger partial charge in [0.15, 0.2) is 0 Å². The molecule has 5 heteroatoms. The molecule has 21 heavy (non-hydrogen) atoms. The third-order valence-electron chi connectivity index (χ3n) is 3.12. The van der Waals surface area contributed by atoms with Crippen LogP contribution < -0.4 is 4.74 Å². The predicted molar refractivity (Wildman–Crippen MR) is 82.1 cm³/mol. The molecule has 1 aromatic rings. The van der Waals surface area contributed by atoms with E-state index in [1.54, 1.807) is 0 Å². The molecule has 0 bridgehead atoms. The fourth-order valence-electron chi connectivity index (χ4n) is 1.88. The van der Waals surface area contributed by atoms with E-state index in [-0.39, 0.29) is 23.3 Å². The van der Waals surface area contributed by atoms with Crippen molar-refractivity contribution in [2.45, 2.75) is 50.8 Å². The number of unbranched alkanes of at least 4 members (excludes halogenated alkanes) is 2. The molecule has 0 radical (unpaired) electrons. The van der Waals surface area contributed by atoms with Crippen molar-refractivity contribution in [3.8, 4) is 5.75 Å². The van der Waals surface area contributed by atoms with Crippen molar-refractivity contribution in [2.24, 2.45) is 0 Å². The molecule has 1 atom stereocenters. The highest BCUT2D eigenvalue weighted by molar-refractivity contribution is 6.20. The van der Waals surface area contributed by atoms with Crippen LogP contribution in [0.15, 0.2) is 24.3 Å². The van der Waals surface area contributed by atoms with Gasteiger partial charge in [-0.1, -0.05) is 26.2 Å². The van der Waals surface area contributed by atoms with E-state index < -0.39 is 5.97 Å². The van der Waals surface area contributed by atoms with Crippen molar-refractivity contribution in [3.05, 3.63) is 29.8 Å². The van der Waals surface area contributed by atoms with E-state index in [4.69, 9.17) is 21.4 Å². The van der Waals surface area contributed by atoms with Gasteiger partial charge in [-0.2, -0.15) is 0 Å². The number of carboxylic acid groups (broad SMARTS) is 1. The Morgan fingerprint density at radius 3 is 2.43 bits per heavy atom. The van der Waals surface area contributed by atoms with Crippen LogP contribution in [0.4, 0.5) is 0 Å². The highest BCUT2D eigenvalue weighted by Gasteiger charge is 2.11. The number of benzene rings is 1. The first-order valence-corrected chi connectivity index (χ1v) is 7.64. The molecule has 0 heterocycles. The van der Waals surface area contributed by atoms with Crippen LogP contribution in [0.1, 0.15) is 55.8 Å². The van der Waals surface area contributed by atoms with Crippen LogP contribution in [0.5, 0.6) is 5.75 Å². The maximum atomic E-state index is 11.7. The summed E-state index contributed by atoms with van der Waals surface area (Å²) in [7, 11) is 0. The summed E-state index contributed by atoms with van der Waals surface area (Å²) in [5, 5.41) is 8.77. The summed E-state index contributed by atoms with van der Waals surface area (Å²) in [6.45, 7) is 2.14. The Labute approximate surface area is 130 Å². The van der Waals surface area contributed by atoms with Gasteiger partial charge >= 0.3 is 11.9 Å². The molecule has 0 aliphatic heterocycles. The Bertz CT molecular complexity index is 456. The number of hydrogen-bond acceptors (Lipinski definition) is 3. The summed E-state index contributed by atoms with van der Waals surface area (Å²) in [6.07, 6.45) is 5.16. The average molecular weight is 313 g/mol. The molecule has 0 amide bonds. The first-order chi connectivity index (χ1) is 10.0. The molecule has 0 aromatic heterocycles. The lowest BCUT2D eigenvalue weighted by atomic mass is 10.1. The van der Waals surface area contributed by atoms with Crippen molar-refractivity contribution in [1.82, 2.24) is 0 Å². The predicted octanol–water partition coefficient (Wildman–Crippen LogP) is 4.26. The normalized spacial score (nSPS) is 11.9. The van der Waals surface area contributed by atoms with E-state index in [1.165, 1.54) is 24.3 Å². The molecule has 1 N–H and O–H groups in total. The number of carboxylic acids is 1. The number of carbonyl (C=O) groups excluding carboxylic acids is 1. The van der Waals surface area contributed by atoms with E-state index in [1.807, 2.05) is 0 Å². The van der Waals surface area contributed by atoms with Crippen LogP contribution in [-0.2, 0) is 4.79 Å². The van der Waals surface area contributed by atoms with Gasteiger partial charge in [0, 0.05) is 11.8 Å². The molecule has 1 rings (SSSR count). The summed E-state index contributed by atoms with van der Waals surface area (Å²) in [5.41, 5.74) is 0.159. The van der Waals surface area contributed by atoms with E-state index in [9.17, 15) is 9.59 Å². The van der Waals surface area contributed by atoms with E-state index in [2.05, 4.69) is 6.92 Å². The molecular weight excluding hydrogens is 292 g/mol. The molecule has 1 unspecified atom stereocenters. The molecule has 116 valence electrons. The van der Waals surface area contributed by atoms with Gasteiger partial charge in [0.25, 0.3) is 0 Å². The number of carbonyl (C=O) groups is 2. The molecular formula is C16H21ClO4. The van der Waals surface area contributed by atoms with Gasteiger partial charge in [-0.3, -0.25) is 4.79 Å². The quantitative estimate of drug-likeness (QED) is 0.320. The third-order valence-corrected chi connectivity index (χ3v) is 3.55. The molecule has 4 nitrogen and oxygen atoms in total. The van der Waals surface area contributed by atoms with Crippen LogP contribution >= 0.6 is 11.6 Å². The lowest BCUT2D eigenvalue weighted by Crippen LogP contribution is -2.11. The van der Waals surface area contributed by atoms with Crippen LogP contribution in [0.2, 0.25) is 0 Å². The summed E-state index contributed by atoms with van der Waals surface area (Å²) in [6, 6.07) is 5.75. The van der Waals surface area contributed by atoms with Crippen molar-refractivity contribution in [1.29, 1.82) is 0 Å². The minimum absolute atomic E-state index is 0.00140. The summed E-state index contributed by atoms with van der Waals surface area (Å²) < 4.78 is 5.13. The Morgan fingerprint density at radius 2 is 1.86 bits per heavy atom. The van der Waals surface area contributed by atoms with E-state index in [0.717, 1.165) is 25.7 Å². The highest BCUT2D eigenvalue weighted by atomic mass is 35.5. The van der Waals surface area contributed by atoms with Crippen molar-refractivity contribution >= 4 is 23.5 Å². The zero-order valence-electron chi connectivity index (χ0n) is 12.2. The van der Waals surface area contributed by atoms with Crippen molar-refractivity contribution in [3.63, 3.8) is 0 Å². The molecule has 0 saturated heterocycles. The monoisotopic (exact) mass is 312 g/mol. The molecule has 0 aliphatic carbocycles. The van der Waals surface area contributed by atoms with Gasteiger partial charge in [-0.25, -0.2) is 4.79 Å². The maximum Gasteiger partial charge on any atom is 0.335 e. The fourth-order valence-corrected chi connectivity index (χ4v) is 2.15. The van der Waals surface area contributed by atoms with Crippen molar-refractivity contribution < 1.29 is 19.4 Å². The Balaban J connectivity index is 2.31. The van der Waals surface area contributed by atoms with Crippen LogP contribution in [0, 0.1) is 0 Å². The second-order valence-corrected chi connectivity index (χ2v) is 5.55. The molecule has 0 fully saturated rings. The maximum absolute atomic E-state index is 11.7. The van der Waals surface area contributed by atoms with E-state index in [0.29, 0.717) is 12.2 Å². The minimum atomic E-state index is -1.01. The third kappa shape index (κ3) is 7.14. The standard InChI is InChI=1S/C16H21ClO4/c1-2-3-4-5-13(17)8-11-15(18)21-14-9-6-12(7-10-14)16(19)20/h6-7,9-10,13H,2-5,8,11H2,1H3,(H,19,20). The Hall–Kier alpha value is -1.55. The first kappa shape index (κ1) is 17.5. The number of ether oxygens (including phenoxy) is 1. The van der Waals surface area contributed by atoms with Gasteiger partial charge in [0.2, 0.25) is 0 Å². The largest absolute Gasteiger partial charge is 0.478 e. The van der Waals surface area contributed by atoms with Gasteiger partial charge in [0.1, 0.15) is 5.75 Å². The fraction of sp³-hybridized carbons (Fsp3) is 0.500. The number of halogens is 1. The smallest absolute Gasteiger partial charge is 0.335 e. The molecule has 0 saturated carbocycles. The molecule has 1 aromatic carbocycles. The number of alkyl halides is 1. The number of aromatic carboxylic acids is 1. The van der Waals surface area contributed by atoms with Crippen LogP contribution in [-0.4, -0.2) is 22.4 Å². The van der Waals surface area contributed by atoms with Gasteiger partial charge < -0.3 is 9.84 Å². The van der Waals surface area contributed by atoms with Crippen LogP contribution in [0.3, 0.4) is 0 Å². The number of rotatable bonds is 9. The zero-order valence-corrected chi connectivity index (χ0v) is 12.9. The molecule has 0 aliphatic rings. The lowest BCUT2D eigenvalue weighted by molar-refractivity contribution is -0.134. The Kier molecular flexibility index (Phi) is 7.83. The van der Waals surface area contributed by atoms with E-state index >= 15 is 0 Å². The average Bonchev–Trinajstić information content (AvgIpc) is 2.46. The van der Waals surface area contributed by atoms with Crippen molar-refractivity contribution in [2.75, 3.05) is 0 Å². The highest BCUT2D eigenvalue weighted by Crippen LogP contribution is 2.17. The topological polar surface area (TPSA) is 63.6 Å². The Morgan fingerprint density at radius 1 is 1.19 bits per heavy atom. The second kappa shape index (κ2) is 9.40. The molecule has 0 spiro atoms. The SMILES string of the molecule is CCCCCC(Cl)CCC(=O)Oc1ccc(C(=O)O)cc1. The number of hydrogen-bond donors (Lipinski definition) is 1. The summed E-state index contributed by atoms with van der Waals surface area (Å²) >= 11 is 6.15.